The third-order valence-electron chi connectivity index (χ3n) is 5.29. The Labute approximate surface area is 210 Å². The number of carbonyl (C=O) groups excluding carboxylic acids is 1. The average Bonchev–Trinajstić information content (AvgIpc) is 3.03. The molecule has 36 heavy (non-hydrogen) atoms. The summed E-state index contributed by atoms with van der Waals surface area (Å²) in [7, 11) is -1.95. The van der Waals surface area contributed by atoms with Gasteiger partial charge in [-0.1, -0.05) is 6.08 Å². The Kier molecular flexibility index (Phi) is 9.98. The molecule has 1 atom stereocenters. The molecule has 204 valence electrons. The van der Waals surface area contributed by atoms with E-state index in [1.54, 1.807) is 32.7 Å². The van der Waals surface area contributed by atoms with Crippen molar-refractivity contribution in [2.75, 3.05) is 36.1 Å². The zero-order chi connectivity index (χ0) is 27.1. The first-order valence-electron chi connectivity index (χ1n) is 11.9. The normalized spacial score (nSPS) is 15.6. The van der Waals surface area contributed by atoms with E-state index >= 15 is 0 Å². The van der Waals surface area contributed by atoms with Crippen LogP contribution in [0.2, 0.25) is 0 Å². The molecule has 1 aromatic heterocycles. The van der Waals surface area contributed by atoms with Crippen LogP contribution in [-0.2, 0) is 21.0 Å². The number of ether oxygens (including phenoxy) is 1. The number of hydrogen-bond donors (Lipinski definition) is 2. The highest BCUT2D eigenvalue weighted by Gasteiger charge is 2.36. The number of unbranched alkanes of at least 4 members (excludes halogenated alkanes) is 2. The molecule has 2 heterocycles. The summed E-state index contributed by atoms with van der Waals surface area (Å²) in [6.07, 6.45) is -2.29. The third-order valence-corrected chi connectivity index (χ3v) is 7.08. The lowest BCUT2D eigenvalue weighted by molar-refractivity contribution is -0.136. The maximum Gasteiger partial charge on any atom is 0.407 e. The number of sulfone groups is 1. The molecule has 2 N–H and O–H groups in total. The van der Waals surface area contributed by atoms with Crippen molar-refractivity contribution in [3.05, 3.63) is 18.3 Å². The van der Waals surface area contributed by atoms with Gasteiger partial charge in [-0.05, 0) is 46.5 Å². The second-order valence-electron chi connectivity index (χ2n) is 9.81. The van der Waals surface area contributed by atoms with Crippen LogP contribution in [0.15, 0.2) is 17.6 Å². The highest BCUT2D eigenvalue weighted by Crippen LogP contribution is 2.34. The van der Waals surface area contributed by atoms with E-state index in [0.29, 0.717) is 18.8 Å². The van der Waals surface area contributed by atoms with Gasteiger partial charge in [0.1, 0.15) is 10.5 Å². The molecule has 0 spiro atoms. The van der Waals surface area contributed by atoms with E-state index in [9.17, 15) is 26.4 Å². The van der Waals surface area contributed by atoms with E-state index in [1.165, 1.54) is 6.08 Å². The number of hydrogen-bond acceptors (Lipinski definition) is 8. The Hall–Kier alpha value is -2.57. The van der Waals surface area contributed by atoms with Crippen LogP contribution in [0, 0.1) is 0 Å². The second-order valence-corrected chi connectivity index (χ2v) is 11.9. The van der Waals surface area contributed by atoms with Gasteiger partial charge in [0.25, 0.3) is 0 Å². The average molecular weight is 536 g/mol. The molecule has 2 rings (SSSR count). The Morgan fingerprint density at radius 3 is 2.53 bits per heavy atom. The highest BCUT2D eigenvalue weighted by atomic mass is 32.2. The summed E-state index contributed by atoms with van der Waals surface area (Å²) in [6, 6.07) is -1.10. The fraction of sp³-hybridized carbons (Fsp3) is 0.696. The molecular weight excluding hydrogens is 499 g/mol. The molecular formula is C23H36F3N5O4S. The van der Waals surface area contributed by atoms with Gasteiger partial charge in [-0.2, -0.15) is 18.2 Å². The summed E-state index contributed by atoms with van der Waals surface area (Å²) in [5.74, 6) is -0.0175. The van der Waals surface area contributed by atoms with Gasteiger partial charge in [-0.3, -0.25) is 0 Å². The zero-order valence-electron chi connectivity index (χ0n) is 21.2. The molecule has 9 nitrogen and oxygen atoms in total. The van der Waals surface area contributed by atoms with Crippen molar-refractivity contribution >= 4 is 27.7 Å². The quantitative estimate of drug-likeness (QED) is 0.302. The van der Waals surface area contributed by atoms with Crippen molar-refractivity contribution in [3.63, 3.8) is 0 Å². The van der Waals surface area contributed by atoms with Crippen molar-refractivity contribution in [1.29, 1.82) is 0 Å². The SMILES string of the molecule is C=CCC(CC(F)(F)F)Nc1nc(N(C)CCCCCNC(=O)OC(C)(C)C)nc2c1S(=O)(=O)CC2. The van der Waals surface area contributed by atoms with Crippen LogP contribution >= 0.6 is 0 Å². The number of aryl methyl sites for hydroxylation is 1. The molecule has 1 amide bonds. The number of aromatic nitrogens is 2. The number of carbonyl (C=O) groups is 1. The fourth-order valence-electron chi connectivity index (χ4n) is 3.70. The molecule has 0 saturated heterocycles. The van der Waals surface area contributed by atoms with Crippen molar-refractivity contribution in [1.82, 2.24) is 15.3 Å². The van der Waals surface area contributed by atoms with E-state index in [4.69, 9.17) is 4.74 Å². The smallest absolute Gasteiger partial charge is 0.407 e. The first-order valence-corrected chi connectivity index (χ1v) is 13.5. The van der Waals surface area contributed by atoms with Crippen LogP contribution in [0.5, 0.6) is 0 Å². The number of amides is 1. The minimum Gasteiger partial charge on any atom is -0.444 e. The van der Waals surface area contributed by atoms with Gasteiger partial charge < -0.3 is 20.3 Å². The second kappa shape index (κ2) is 12.1. The number of nitrogens with zero attached hydrogens (tertiary/aromatic N) is 3. The van der Waals surface area contributed by atoms with E-state index in [0.717, 1.165) is 19.3 Å². The van der Waals surface area contributed by atoms with Crippen LogP contribution < -0.4 is 15.5 Å². The van der Waals surface area contributed by atoms with E-state index in [-0.39, 0.29) is 35.3 Å². The molecule has 1 aromatic rings. The maximum atomic E-state index is 13.0. The van der Waals surface area contributed by atoms with E-state index in [2.05, 4.69) is 27.2 Å². The van der Waals surface area contributed by atoms with Gasteiger partial charge in [0.2, 0.25) is 5.95 Å². The monoisotopic (exact) mass is 535 g/mol. The van der Waals surface area contributed by atoms with Crippen LogP contribution in [0.4, 0.5) is 29.7 Å². The third kappa shape index (κ3) is 9.47. The van der Waals surface area contributed by atoms with Crippen LogP contribution in [0.1, 0.15) is 58.6 Å². The molecule has 0 bridgehead atoms. The Bertz CT molecular complexity index is 1030. The van der Waals surface area contributed by atoms with Gasteiger partial charge in [0.15, 0.2) is 15.7 Å². The fourth-order valence-corrected chi connectivity index (χ4v) is 5.28. The van der Waals surface area contributed by atoms with E-state index < -0.39 is 40.2 Å². The number of rotatable bonds is 12. The minimum atomic E-state index is -4.44. The number of fused-ring (bicyclic) bond motifs is 1. The lowest BCUT2D eigenvalue weighted by Gasteiger charge is -2.23. The summed E-state index contributed by atoms with van der Waals surface area (Å²) in [5.41, 5.74) is -0.256. The molecule has 1 aliphatic heterocycles. The predicted molar refractivity (Wildman–Crippen MR) is 132 cm³/mol. The molecule has 0 fully saturated rings. The molecule has 1 unspecified atom stereocenters. The first-order chi connectivity index (χ1) is 16.6. The molecule has 13 heteroatoms. The lowest BCUT2D eigenvalue weighted by atomic mass is 10.1. The summed E-state index contributed by atoms with van der Waals surface area (Å²) >= 11 is 0. The zero-order valence-corrected chi connectivity index (χ0v) is 22.1. The Morgan fingerprint density at radius 1 is 1.22 bits per heavy atom. The van der Waals surface area contributed by atoms with Crippen LogP contribution in [-0.4, -0.2) is 68.2 Å². The number of nitrogens with one attached hydrogen (secondary N) is 2. The molecule has 0 radical (unpaired) electrons. The van der Waals surface area contributed by atoms with Crippen LogP contribution in [0.25, 0.3) is 0 Å². The molecule has 0 aliphatic carbocycles. The summed E-state index contributed by atoms with van der Waals surface area (Å²) < 4.78 is 69.4. The van der Waals surface area contributed by atoms with Gasteiger partial charge in [0, 0.05) is 32.6 Å². The Balaban J connectivity index is 2.04. The Morgan fingerprint density at radius 2 is 1.92 bits per heavy atom. The van der Waals surface area contributed by atoms with E-state index in [1.807, 2.05) is 0 Å². The summed E-state index contributed by atoms with van der Waals surface area (Å²) in [6.45, 7) is 9.86. The van der Waals surface area contributed by atoms with Gasteiger partial charge in [-0.15, -0.1) is 6.58 Å². The predicted octanol–water partition coefficient (Wildman–Crippen LogP) is 4.25. The van der Waals surface area contributed by atoms with Crippen molar-refractivity contribution in [2.45, 2.75) is 82.0 Å². The van der Waals surface area contributed by atoms with Crippen LogP contribution in [0.3, 0.4) is 0 Å². The summed E-state index contributed by atoms with van der Waals surface area (Å²) in [5, 5.41) is 5.39. The largest absolute Gasteiger partial charge is 0.444 e. The maximum absolute atomic E-state index is 13.0. The summed E-state index contributed by atoms with van der Waals surface area (Å²) in [4.78, 5) is 22.0. The van der Waals surface area contributed by atoms with Crippen molar-refractivity contribution < 1.29 is 31.1 Å². The first kappa shape index (κ1) is 29.7. The molecule has 0 saturated carbocycles. The lowest BCUT2D eigenvalue weighted by Crippen LogP contribution is -2.33. The van der Waals surface area contributed by atoms with Gasteiger partial charge in [0.05, 0.1) is 17.9 Å². The number of alkyl carbamates (subject to hydrolysis) is 1. The minimum absolute atomic E-state index is 0.0131. The van der Waals surface area contributed by atoms with Crippen molar-refractivity contribution in [2.24, 2.45) is 0 Å². The number of alkyl halides is 3. The topological polar surface area (TPSA) is 114 Å². The van der Waals surface area contributed by atoms with Crippen molar-refractivity contribution in [3.8, 4) is 0 Å². The van der Waals surface area contributed by atoms with Gasteiger partial charge in [-0.25, -0.2) is 18.2 Å². The number of halogens is 3. The highest BCUT2D eigenvalue weighted by molar-refractivity contribution is 7.91. The number of anilines is 2. The van der Waals surface area contributed by atoms with Gasteiger partial charge >= 0.3 is 12.3 Å². The standard InChI is InChI=1S/C23H36F3N5O4S/c1-6-10-16(15-23(24,25)26)28-19-18-17(11-14-36(18,33)34)29-20(30-19)31(5)13-9-7-8-12-27-21(32)35-22(2,3)4/h6,16H,1,7-15H2,2-5H3,(H,27,32)(H,28,29,30). The molecule has 0 aromatic carbocycles. The molecule has 1 aliphatic rings.